The predicted molar refractivity (Wildman–Crippen MR) is 25.0 cm³/mol. The van der Waals surface area contributed by atoms with Crippen LogP contribution in [0.25, 0.3) is 0 Å². The van der Waals surface area contributed by atoms with Crippen molar-refractivity contribution in [2.45, 2.75) is 6.92 Å². The van der Waals surface area contributed by atoms with Crippen molar-refractivity contribution in [3.8, 4) is 0 Å². The maximum absolute atomic E-state index is 9.64. The molecule has 0 N–H and O–H groups in total. The first-order valence-corrected chi connectivity index (χ1v) is 2.07. The number of ether oxygens (including phenoxy) is 1. The van der Waals surface area contributed by atoms with Crippen molar-refractivity contribution >= 4 is 0 Å². The third kappa shape index (κ3) is 5.50. The van der Waals surface area contributed by atoms with Crippen molar-refractivity contribution in [1.82, 2.24) is 0 Å². The Balaban J connectivity index is 2.82. The van der Waals surface area contributed by atoms with Gasteiger partial charge in [-0.3, -0.25) is 0 Å². The summed E-state index contributed by atoms with van der Waals surface area (Å²) >= 11 is 0. The van der Waals surface area contributed by atoms with Crippen LogP contribution in [0.2, 0.25) is 0 Å². The lowest BCUT2D eigenvalue weighted by molar-refractivity contribution is 0.102. The van der Waals surface area contributed by atoms with Crippen molar-refractivity contribution in [1.29, 1.82) is 0 Å². The monoisotopic (exact) mass is 100 g/mol. The van der Waals surface area contributed by atoms with Crippen molar-refractivity contribution in [3.05, 3.63) is 12.3 Å². The van der Waals surface area contributed by atoms with Gasteiger partial charge < -0.3 is 4.74 Å². The first kappa shape index (κ1) is 6.50. The molecular formula is C5H8O2. The van der Waals surface area contributed by atoms with E-state index in [1.165, 1.54) is 0 Å². The summed E-state index contributed by atoms with van der Waals surface area (Å²) < 4.78 is 4.57. The smallest absolute Gasteiger partial charge is 0.116 e. The van der Waals surface area contributed by atoms with E-state index in [2.05, 4.69) is 4.74 Å². The maximum Gasteiger partial charge on any atom is 0.116 e. The van der Waals surface area contributed by atoms with E-state index in [0.717, 1.165) is 0 Å². The molecule has 2 radical (unpaired) electrons. The van der Waals surface area contributed by atoms with Crippen LogP contribution in [0.1, 0.15) is 6.92 Å². The van der Waals surface area contributed by atoms with E-state index in [-0.39, 0.29) is 13.2 Å². The third-order valence-corrected chi connectivity index (χ3v) is 0.413. The topological polar surface area (TPSA) is 29.1 Å². The summed E-state index contributed by atoms with van der Waals surface area (Å²) in [5.74, 6) is 0.357. The molecule has 0 atom stereocenters. The summed E-state index contributed by atoms with van der Waals surface area (Å²) in [5.41, 5.74) is 0. The molecule has 0 bridgehead atoms. The van der Waals surface area contributed by atoms with Crippen molar-refractivity contribution in [2.75, 3.05) is 13.2 Å². The lowest BCUT2D eigenvalue weighted by atomic mass is 10.6. The molecule has 0 fully saturated rings. The summed E-state index contributed by atoms with van der Waals surface area (Å²) in [4.78, 5) is 0. The molecule has 2 nitrogen and oxygen atoms in total. The van der Waals surface area contributed by atoms with E-state index < -0.39 is 0 Å². The molecule has 0 heterocycles. The zero-order valence-electron chi connectivity index (χ0n) is 4.31. The SMILES string of the molecule is [CH]=C(C)OCC[O]. The first-order chi connectivity index (χ1) is 3.27. The molecule has 0 aliphatic heterocycles. The van der Waals surface area contributed by atoms with Gasteiger partial charge in [0.1, 0.15) is 13.2 Å². The normalized spacial score (nSPS) is 8.29. The largest absolute Gasteiger partial charge is 0.496 e. The second kappa shape index (κ2) is 3.68. The predicted octanol–water partition coefficient (Wildman–Crippen LogP) is 0.770. The minimum atomic E-state index is -0.228. The Morgan fingerprint density at radius 2 is 2.43 bits per heavy atom. The molecule has 0 aromatic carbocycles. The molecule has 0 aromatic rings. The molecule has 7 heavy (non-hydrogen) atoms. The van der Waals surface area contributed by atoms with Gasteiger partial charge in [-0.25, -0.2) is 5.11 Å². The molecular weight excluding hydrogens is 92.1 g/mol. The fraction of sp³-hybridized carbons (Fsp3) is 0.600. The number of hydrogen-bond donors (Lipinski definition) is 0. The highest BCUT2D eigenvalue weighted by Gasteiger charge is 1.81. The van der Waals surface area contributed by atoms with E-state index in [9.17, 15) is 5.11 Å². The van der Waals surface area contributed by atoms with Crippen LogP contribution in [-0.4, -0.2) is 13.2 Å². The highest BCUT2D eigenvalue weighted by Crippen LogP contribution is 1.85. The molecule has 0 unspecified atom stereocenters. The van der Waals surface area contributed by atoms with Gasteiger partial charge in [0.15, 0.2) is 0 Å². The number of hydrogen-bond acceptors (Lipinski definition) is 1. The maximum atomic E-state index is 9.64. The minimum Gasteiger partial charge on any atom is -0.496 e. The van der Waals surface area contributed by atoms with Gasteiger partial charge in [0.25, 0.3) is 0 Å². The van der Waals surface area contributed by atoms with Crippen LogP contribution < -0.4 is 0 Å². The minimum absolute atomic E-state index is 0.183. The highest BCUT2D eigenvalue weighted by atomic mass is 16.5. The van der Waals surface area contributed by atoms with Crippen LogP contribution in [0.3, 0.4) is 0 Å². The van der Waals surface area contributed by atoms with Gasteiger partial charge in [-0.1, -0.05) is 0 Å². The Bertz CT molecular complexity index is 59.1. The Morgan fingerprint density at radius 1 is 1.86 bits per heavy atom. The summed E-state index contributed by atoms with van der Waals surface area (Å²) in [6, 6.07) is 0. The Hall–Kier alpha value is -0.500. The molecule has 0 saturated carbocycles. The highest BCUT2D eigenvalue weighted by molar-refractivity contribution is 4.68. The van der Waals surface area contributed by atoms with E-state index in [1.807, 2.05) is 0 Å². The van der Waals surface area contributed by atoms with Crippen molar-refractivity contribution in [2.24, 2.45) is 0 Å². The van der Waals surface area contributed by atoms with Gasteiger partial charge in [0.2, 0.25) is 0 Å². The molecule has 2 heteroatoms. The molecule has 0 aromatic heterocycles. The summed E-state index contributed by atoms with van der Waals surface area (Å²) in [6.45, 7) is 6.60. The van der Waals surface area contributed by atoms with Gasteiger partial charge in [0.05, 0.1) is 5.76 Å². The van der Waals surface area contributed by atoms with Gasteiger partial charge in [-0.2, -0.15) is 0 Å². The standard InChI is InChI=1S/C5H8O2/c1-5(2)7-4-3-6/h1H,3-4H2,2H3. The summed E-state index contributed by atoms with van der Waals surface area (Å²) in [5, 5.41) is 9.64. The zero-order chi connectivity index (χ0) is 5.70. The van der Waals surface area contributed by atoms with E-state index in [4.69, 9.17) is 6.58 Å². The summed E-state index contributed by atoms with van der Waals surface area (Å²) in [6.07, 6.45) is 0. The van der Waals surface area contributed by atoms with Crippen LogP contribution in [0.15, 0.2) is 5.76 Å². The molecule has 0 saturated heterocycles. The zero-order valence-corrected chi connectivity index (χ0v) is 4.31. The molecule has 0 rings (SSSR count). The van der Waals surface area contributed by atoms with Crippen LogP contribution in [-0.2, 0) is 9.84 Å². The summed E-state index contributed by atoms with van der Waals surface area (Å²) in [7, 11) is 0. The van der Waals surface area contributed by atoms with E-state index in [1.54, 1.807) is 6.92 Å². The average Bonchev–Trinajstić information content (AvgIpc) is 1.61. The van der Waals surface area contributed by atoms with Gasteiger partial charge in [0, 0.05) is 0 Å². The third-order valence-electron chi connectivity index (χ3n) is 0.413. The Labute approximate surface area is 43.4 Å². The number of rotatable bonds is 3. The van der Waals surface area contributed by atoms with E-state index >= 15 is 0 Å². The van der Waals surface area contributed by atoms with Gasteiger partial charge >= 0.3 is 0 Å². The van der Waals surface area contributed by atoms with Crippen LogP contribution in [0, 0.1) is 6.58 Å². The van der Waals surface area contributed by atoms with Crippen molar-refractivity contribution < 1.29 is 9.84 Å². The van der Waals surface area contributed by atoms with Crippen LogP contribution in [0.4, 0.5) is 0 Å². The second-order valence-electron chi connectivity index (χ2n) is 1.16. The Kier molecular flexibility index (Phi) is 3.42. The average molecular weight is 100 g/mol. The van der Waals surface area contributed by atoms with Crippen LogP contribution >= 0.6 is 0 Å². The number of allylic oxidation sites excluding steroid dienone is 1. The van der Waals surface area contributed by atoms with Gasteiger partial charge in [-0.05, 0) is 13.5 Å². The molecule has 0 spiro atoms. The van der Waals surface area contributed by atoms with Crippen molar-refractivity contribution in [3.63, 3.8) is 0 Å². The van der Waals surface area contributed by atoms with E-state index in [0.29, 0.717) is 5.76 Å². The quantitative estimate of drug-likeness (QED) is 0.481. The fourth-order valence-electron chi connectivity index (χ4n) is 0.203. The molecule has 0 aliphatic carbocycles. The Morgan fingerprint density at radius 3 is 2.57 bits per heavy atom. The molecule has 40 valence electrons. The lowest BCUT2D eigenvalue weighted by Crippen LogP contribution is -1.93. The molecule has 0 aliphatic rings. The first-order valence-electron chi connectivity index (χ1n) is 2.07. The second-order valence-corrected chi connectivity index (χ2v) is 1.16. The lowest BCUT2D eigenvalue weighted by Gasteiger charge is -1.97. The fourth-order valence-corrected chi connectivity index (χ4v) is 0.203. The van der Waals surface area contributed by atoms with Crippen LogP contribution in [0.5, 0.6) is 0 Å². The molecule has 0 amide bonds. The van der Waals surface area contributed by atoms with Gasteiger partial charge in [-0.15, -0.1) is 0 Å².